The molecule has 0 bridgehead atoms. The lowest BCUT2D eigenvalue weighted by atomic mass is 10.0. The van der Waals surface area contributed by atoms with E-state index in [1.807, 2.05) is 12.1 Å². The maximum Gasteiger partial charge on any atom is 0.188 e. The summed E-state index contributed by atoms with van der Waals surface area (Å²) in [6.45, 7) is 0. The lowest BCUT2D eigenvalue weighted by molar-refractivity contribution is 0.683. The summed E-state index contributed by atoms with van der Waals surface area (Å²) >= 11 is 7.53. The van der Waals surface area contributed by atoms with Gasteiger partial charge in [0.05, 0.1) is 10.7 Å². The average molecular weight is 266 g/mol. The fourth-order valence-electron chi connectivity index (χ4n) is 1.96. The Kier molecular flexibility index (Phi) is 2.99. The number of thiazole rings is 1. The van der Waals surface area contributed by atoms with Crippen LogP contribution in [0.4, 0.5) is 10.9 Å². The van der Waals surface area contributed by atoms with Gasteiger partial charge in [-0.15, -0.1) is 11.3 Å². The van der Waals surface area contributed by atoms with E-state index in [9.17, 15) is 0 Å². The third-order valence-electron chi connectivity index (χ3n) is 2.81. The van der Waals surface area contributed by atoms with Crippen LogP contribution in [0.25, 0.3) is 0 Å². The van der Waals surface area contributed by atoms with Crippen molar-refractivity contribution >= 4 is 33.9 Å². The molecular weight excluding hydrogens is 254 g/mol. The molecule has 2 heterocycles. The Labute approximate surface area is 109 Å². The molecule has 5 heteroatoms. The number of hydrogen-bond acceptors (Lipinski definition) is 4. The molecule has 0 amide bonds. The standard InChI is InChI=1S/C12H12ClN3S/c13-8-5-6-11(14-7-8)16-12-15-9-3-1-2-4-10(9)17-12/h5-7H,1-4H2,(H,14,15,16). The molecule has 0 aromatic carbocycles. The van der Waals surface area contributed by atoms with Gasteiger partial charge in [-0.25, -0.2) is 9.97 Å². The molecule has 1 aliphatic carbocycles. The van der Waals surface area contributed by atoms with Gasteiger partial charge in [-0.05, 0) is 37.8 Å². The summed E-state index contributed by atoms with van der Waals surface area (Å²) in [5.41, 5.74) is 1.26. The first-order valence-corrected chi connectivity index (χ1v) is 6.88. The van der Waals surface area contributed by atoms with Crippen LogP contribution in [0.2, 0.25) is 5.02 Å². The van der Waals surface area contributed by atoms with Crippen molar-refractivity contribution in [3.05, 3.63) is 33.9 Å². The molecule has 1 N–H and O–H groups in total. The van der Waals surface area contributed by atoms with Gasteiger partial charge in [0.1, 0.15) is 5.82 Å². The SMILES string of the molecule is Clc1ccc(Nc2nc3c(s2)CCCC3)nc1. The van der Waals surface area contributed by atoms with Crippen molar-refractivity contribution in [3.8, 4) is 0 Å². The number of halogens is 1. The van der Waals surface area contributed by atoms with Gasteiger partial charge < -0.3 is 5.32 Å². The summed E-state index contributed by atoms with van der Waals surface area (Å²) in [6.07, 6.45) is 6.46. The molecule has 1 aliphatic rings. The zero-order valence-corrected chi connectivity index (χ0v) is 10.8. The monoisotopic (exact) mass is 265 g/mol. The van der Waals surface area contributed by atoms with Crippen molar-refractivity contribution in [2.75, 3.05) is 5.32 Å². The second kappa shape index (κ2) is 4.63. The molecule has 0 radical (unpaired) electrons. The van der Waals surface area contributed by atoms with Gasteiger partial charge >= 0.3 is 0 Å². The largest absolute Gasteiger partial charge is 0.316 e. The van der Waals surface area contributed by atoms with Gasteiger partial charge in [-0.1, -0.05) is 11.6 Å². The van der Waals surface area contributed by atoms with Crippen LogP contribution in [-0.2, 0) is 12.8 Å². The molecule has 3 rings (SSSR count). The number of aromatic nitrogens is 2. The summed E-state index contributed by atoms with van der Waals surface area (Å²) in [5.74, 6) is 0.792. The molecule has 0 unspecified atom stereocenters. The van der Waals surface area contributed by atoms with Crippen LogP contribution in [0.3, 0.4) is 0 Å². The second-order valence-electron chi connectivity index (χ2n) is 4.08. The highest BCUT2D eigenvalue weighted by Crippen LogP contribution is 2.30. The number of nitrogens with zero attached hydrogens (tertiary/aromatic N) is 2. The summed E-state index contributed by atoms with van der Waals surface area (Å²) in [4.78, 5) is 10.2. The molecule has 2 aromatic heterocycles. The third-order valence-corrected chi connectivity index (χ3v) is 4.10. The summed E-state index contributed by atoms with van der Waals surface area (Å²) in [5, 5.41) is 4.81. The Bertz CT molecular complexity index is 498. The van der Waals surface area contributed by atoms with Crippen molar-refractivity contribution < 1.29 is 0 Å². The zero-order chi connectivity index (χ0) is 11.7. The first kappa shape index (κ1) is 11.0. The number of hydrogen-bond donors (Lipinski definition) is 1. The van der Waals surface area contributed by atoms with Crippen LogP contribution < -0.4 is 5.32 Å². The minimum absolute atomic E-state index is 0.647. The molecule has 0 aliphatic heterocycles. The molecule has 3 nitrogen and oxygen atoms in total. The van der Waals surface area contributed by atoms with E-state index in [0.29, 0.717) is 5.02 Å². The van der Waals surface area contributed by atoms with Crippen molar-refractivity contribution in [1.82, 2.24) is 9.97 Å². The Hall–Kier alpha value is -1.13. The molecule has 17 heavy (non-hydrogen) atoms. The van der Waals surface area contributed by atoms with Crippen LogP contribution in [-0.4, -0.2) is 9.97 Å². The van der Waals surface area contributed by atoms with E-state index in [2.05, 4.69) is 15.3 Å². The zero-order valence-electron chi connectivity index (χ0n) is 9.24. The number of rotatable bonds is 2. The van der Waals surface area contributed by atoms with Crippen LogP contribution >= 0.6 is 22.9 Å². The maximum absolute atomic E-state index is 5.79. The van der Waals surface area contributed by atoms with Gasteiger partial charge in [0.2, 0.25) is 0 Å². The summed E-state index contributed by atoms with van der Waals surface area (Å²) in [6, 6.07) is 3.69. The van der Waals surface area contributed by atoms with E-state index in [-0.39, 0.29) is 0 Å². The molecule has 0 saturated carbocycles. The highest BCUT2D eigenvalue weighted by molar-refractivity contribution is 7.15. The predicted octanol–water partition coefficient (Wildman–Crippen LogP) is 3.81. The quantitative estimate of drug-likeness (QED) is 0.897. The van der Waals surface area contributed by atoms with Crippen molar-refractivity contribution in [3.63, 3.8) is 0 Å². The molecule has 0 fully saturated rings. The maximum atomic E-state index is 5.79. The van der Waals surface area contributed by atoms with Gasteiger partial charge in [-0.2, -0.15) is 0 Å². The van der Waals surface area contributed by atoms with E-state index >= 15 is 0 Å². The molecule has 0 saturated heterocycles. The van der Waals surface area contributed by atoms with E-state index in [0.717, 1.165) is 17.4 Å². The molecular formula is C12H12ClN3S. The Morgan fingerprint density at radius 2 is 2.12 bits per heavy atom. The van der Waals surface area contributed by atoms with Crippen molar-refractivity contribution in [1.29, 1.82) is 0 Å². The van der Waals surface area contributed by atoms with Crippen molar-refractivity contribution in [2.45, 2.75) is 25.7 Å². The first-order chi connectivity index (χ1) is 8.31. The topological polar surface area (TPSA) is 37.8 Å². The number of fused-ring (bicyclic) bond motifs is 1. The van der Waals surface area contributed by atoms with Crippen LogP contribution in [0.15, 0.2) is 18.3 Å². The van der Waals surface area contributed by atoms with E-state index < -0.39 is 0 Å². The van der Waals surface area contributed by atoms with E-state index in [1.54, 1.807) is 17.5 Å². The smallest absolute Gasteiger partial charge is 0.188 e. The van der Waals surface area contributed by atoms with E-state index in [4.69, 9.17) is 11.6 Å². The van der Waals surface area contributed by atoms with Crippen LogP contribution in [0.5, 0.6) is 0 Å². The van der Waals surface area contributed by atoms with Crippen LogP contribution in [0, 0.1) is 0 Å². The lowest BCUT2D eigenvalue weighted by Gasteiger charge is -2.06. The van der Waals surface area contributed by atoms with Crippen molar-refractivity contribution in [2.24, 2.45) is 0 Å². The highest BCUT2D eigenvalue weighted by atomic mass is 35.5. The normalized spacial score (nSPS) is 14.4. The molecule has 2 aromatic rings. The Morgan fingerprint density at radius 3 is 2.88 bits per heavy atom. The molecule has 88 valence electrons. The van der Waals surface area contributed by atoms with Gasteiger partial charge in [-0.3, -0.25) is 0 Å². The number of anilines is 2. The third kappa shape index (κ3) is 2.42. The molecule has 0 spiro atoms. The number of nitrogens with one attached hydrogen (secondary N) is 1. The van der Waals surface area contributed by atoms with Crippen LogP contribution in [0.1, 0.15) is 23.4 Å². The fourth-order valence-corrected chi connectivity index (χ4v) is 3.13. The Morgan fingerprint density at radius 1 is 1.24 bits per heavy atom. The van der Waals surface area contributed by atoms with E-state index in [1.165, 1.54) is 29.8 Å². The first-order valence-electron chi connectivity index (χ1n) is 5.68. The number of pyridine rings is 1. The number of aryl methyl sites for hydroxylation is 2. The van der Waals surface area contributed by atoms with Gasteiger partial charge in [0, 0.05) is 11.1 Å². The second-order valence-corrected chi connectivity index (χ2v) is 5.60. The Balaban J connectivity index is 1.80. The average Bonchev–Trinajstić information content (AvgIpc) is 2.74. The fraction of sp³-hybridized carbons (Fsp3) is 0.333. The van der Waals surface area contributed by atoms with Gasteiger partial charge in [0.25, 0.3) is 0 Å². The summed E-state index contributed by atoms with van der Waals surface area (Å²) < 4.78 is 0. The predicted molar refractivity (Wildman–Crippen MR) is 71.3 cm³/mol. The molecule has 0 atom stereocenters. The summed E-state index contributed by atoms with van der Waals surface area (Å²) in [7, 11) is 0. The van der Waals surface area contributed by atoms with Gasteiger partial charge in [0.15, 0.2) is 5.13 Å². The minimum atomic E-state index is 0.647. The highest BCUT2D eigenvalue weighted by Gasteiger charge is 2.15. The minimum Gasteiger partial charge on any atom is -0.316 e. The lowest BCUT2D eigenvalue weighted by Crippen LogP contribution is -1.99.